The summed E-state index contributed by atoms with van der Waals surface area (Å²) in [5.74, 6) is 1.30. The van der Waals surface area contributed by atoms with Gasteiger partial charge in [-0.15, -0.1) is 10.2 Å². The second-order valence-corrected chi connectivity index (χ2v) is 6.02. The Hall–Kier alpha value is -0.290. The Morgan fingerprint density at radius 2 is 2.62 bits per heavy atom. The summed E-state index contributed by atoms with van der Waals surface area (Å²) in [6.07, 6.45) is 2.66. The number of hydrogen-bond donors (Lipinski definition) is 1. The highest BCUT2D eigenvalue weighted by Crippen LogP contribution is 2.37. The van der Waals surface area contributed by atoms with Crippen molar-refractivity contribution < 1.29 is 0 Å². The molecule has 1 fully saturated rings. The lowest BCUT2D eigenvalue weighted by Gasteiger charge is -2.22. The van der Waals surface area contributed by atoms with E-state index < -0.39 is 0 Å². The highest BCUT2D eigenvalue weighted by Gasteiger charge is 2.29. The molecule has 1 aliphatic heterocycles. The van der Waals surface area contributed by atoms with E-state index in [-0.39, 0.29) is 0 Å². The molecule has 1 N–H and O–H groups in total. The fraction of sp³-hybridized carbons (Fsp3) is 0.750. The van der Waals surface area contributed by atoms with Crippen molar-refractivity contribution >= 4 is 28.2 Å². The van der Waals surface area contributed by atoms with Crippen molar-refractivity contribution in [2.45, 2.75) is 24.5 Å². The zero-order valence-corrected chi connectivity index (χ0v) is 9.25. The first-order valence-corrected chi connectivity index (χ1v) is 6.29. The van der Waals surface area contributed by atoms with Gasteiger partial charge in [0.05, 0.1) is 0 Å². The number of aromatic nitrogens is 2. The van der Waals surface area contributed by atoms with Gasteiger partial charge >= 0.3 is 0 Å². The molecule has 0 radical (unpaired) electrons. The molecule has 13 heavy (non-hydrogen) atoms. The monoisotopic (exact) mass is 215 g/mol. The quantitative estimate of drug-likeness (QED) is 0.839. The largest absolute Gasteiger partial charge is 0.359 e. The molecule has 0 bridgehead atoms. The second kappa shape index (κ2) is 3.84. The molecule has 0 saturated carbocycles. The van der Waals surface area contributed by atoms with Crippen LogP contribution < -0.4 is 5.32 Å². The normalized spacial score (nSPS) is 27.8. The molecule has 2 heterocycles. The van der Waals surface area contributed by atoms with E-state index >= 15 is 0 Å². The average molecular weight is 215 g/mol. The van der Waals surface area contributed by atoms with Crippen molar-refractivity contribution in [1.29, 1.82) is 0 Å². The molecule has 3 nitrogen and oxygen atoms in total. The fourth-order valence-corrected chi connectivity index (χ4v) is 3.18. The standard InChI is InChI=1S/C8H13N3S2/c1-8(3-2-4-13-8)5-9-7-11-10-6-12-7/h6H,2-5H2,1H3,(H,9,11). The summed E-state index contributed by atoms with van der Waals surface area (Å²) in [5, 5.41) is 12.0. The van der Waals surface area contributed by atoms with Gasteiger partial charge in [-0.3, -0.25) is 0 Å². The Bertz CT molecular complexity index is 254. The lowest BCUT2D eigenvalue weighted by molar-refractivity contribution is 0.634. The van der Waals surface area contributed by atoms with E-state index in [0.717, 1.165) is 11.7 Å². The van der Waals surface area contributed by atoms with Gasteiger partial charge in [-0.05, 0) is 25.5 Å². The van der Waals surface area contributed by atoms with Gasteiger partial charge in [0.25, 0.3) is 0 Å². The smallest absolute Gasteiger partial charge is 0.205 e. The molecular weight excluding hydrogens is 202 g/mol. The van der Waals surface area contributed by atoms with E-state index in [1.165, 1.54) is 18.6 Å². The summed E-state index contributed by atoms with van der Waals surface area (Å²) < 4.78 is 0.408. The first-order chi connectivity index (χ1) is 6.29. The van der Waals surface area contributed by atoms with E-state index in [2.05, 4.69) is 34.2 Å². The number of thioether (sulfide) groups is 1. The molecule has 2 rings (SSSR count). The zero-order valence-electron chi connectivity index (χ0n) is 7.62. The number of hydrogen-bond acceptors (Lipinski definition) is 5. The third-order valence-corrected chi connectivity index (χ3v) is 4.46. The summed E-state index contributed by atoms with van der Waals surface area (Å²) in [6, 6.07) is 0. The molecule has 0 amide bonds. The summed E-state index contributed by atoms with van der Waals surface area (Å²) >= 11 is 3.62. The van der Waals surface area contributed by atoms with Crippen molar-refractivity contribution in [1.82, 2.24) is 10.2 Å². The Morgan fingerprint density at radius 3 is 3.23 bits per heavy atom. The maximum absolute atomic E-state index is 3.96. The molecule has 1 atom stereocenters. The third kappa shape index (κ3) is 2.34. The van der Waals surface area contributed by atoms with Crippen LogP contribution in [0.15, 0.2) is 5.51 Å². The average Bonchev–Trinajstić information content (AvgIpc) is 2.72. The minimum atomic E-state index is 0.408. The molecule has 0 aliphatic carbocycles. The van der Waals surface area contributed by atoms with Crippen LogP contribution in [-0.2, 0) is 0 Å². The van der Waals surface area contributed by atoms with Gasteiger partial charge in [0.2, 0.25) is 5.13 Å². The zero-order chi connectivity index (χ0) is 9.15. The van der Waals surface area contributed by atoms with E-state index in [1.54, 1.807) is 16.8 Å². The molecule has 0 aromatic carbocycles. The predicted molar refractivity (Wildman–Crippen MR) is 58.5 cm³/mol. The molecule has 5 heteroatoms. The first kappa shape index (κ1) is 9.27. The number of nitrogens with zero attached hydrogens (tertiary/aromatic N) is 2. The highest BCUT2D eigenvalue weighted by molar-refractivity contribution is 8.00. The van der Waals surface area contributed by atoms with Crippen LogP contribution in [-0.4, -0.2) is 27.2 Å². The maximum Gasteiger partial charge on any atom is 0.205 e. The van der Waals surface area contributed by atoms with Gasteiger partial charge in [-0.1, -0.05) is 11.3 Å². The van der Waals surface area contributed by atoms with Crippen LogP contribution in [0.5, 0.6) is 0 Å². The van der Waals surface area contributed by atoms with E-state index in [4.69, 9.17) is 0 Å². The molecule has 1 saturated heterocycles. The van der Waals surface area contributed by atoms with Crippen LogP contribution in [0.2, 0.25) is 0 Å². The summed E-state index contributed by atoms with van der Waals surface area (Å²) in [5.41, 5.74) is 1.76. The lowest BCUT2D eigenvalue weighted by atomic mass is 10.1. The van der Waals surface area contributed by atoms with E-state index in [0.29, 0.717) is 4.75 Å². The molecular formula is C8H13N3S2. The number of anilines is 1. The van der Waals surface area contributed by atoms with E-state index in [1.807, 2.05) is 0 Å². The van der Waals surface area contributed by atoms with Crippen molar-refractivity contribution in [2.24, 2.45) is 0 Å². The van der Waals surface area contributed by atoms with Crippen LogP contribution >= 0.6 is 23.1 Å². The minimum absolute atomic E-state index is 0.408. The second-order valence-electron chi connectivity index (χ2n) is 3.50. The van der Waals surface area contributed by atoms with Gasteiger partial charge in [-0.2, -0.15) is 11.8 Å². The van der Waals surface area contributed by atoms with Gasteiger partial charge in [-0.25, -0.2) is 0 Å². The van der Waals surface area contributed by atoms with Crippen molar-refractivity contribution in [3.8, 4) is 0 Å². The Kier molecular flexibility index (Phi) is 2.74. The Morgan fingerprint density at radius 1 is 1.69 bits per heavy atom. The van der Waals surface area contributed by atoms with Crippen molar-refractivity contribution in [3.63, 3.8) is 0 Å². The maximum atomic E-state index is 3.96. The molecule has 1 aliphatic rings. The fourth-order valence-electron chi connectivity index (χ4n) is 1.49. The summed E-state index contributed by atoms with van der Waals surface area (Å²) in [7, 11) is 0. The first-order valence-electron chi connectivity index (χ1n) is 4.43. The van der Waals surface area contributed by atoms with Crippen LogP contribution in [0.25, 0.3) is 0 Å². The molecule has 72 valence electrons. The van der Waals surface area contributed by atoms with Gasteiger partial charge in [0.15, 0.2) is 0 Å². The Labute approximate surface area is 86.3 Å². The predicted octanol–water partition coefficient (Wildman–Crippen LogP) is 2.24. The topological polar surface area (TPSA) is 37.8 Å². The van der Waals surface area contributed by atoms with Gasteiger partial charge < -0.3 is 5.32 Å². The minimum Gasteiger partial charge on any atom is -0.359 e. The SMILES string of the molecule is CC1(CNc2nncs2)CCCS1. The Balaban J connectivity index is 1.85. The summed E-state index contributed by atoms with van der Waals surface area (Å²) in [4.78, 5) is 0. The van der Waals surface area contributed by atoms with Crippen LogP contribution in [0.4, 0.5) is 5.13 Å². The van der Waals surface area contributed by atoms with Crippen molar-refractivity contribution in [3.05, 3.63) is 5.51 Å². The van der Waals surface area contributed by atoms with Gasteiger partial charge in [0.1, 0.15) is 5.51 Å². The van der Waals surface area contributed by atoms with Gasteiger partial charge in [0, 0.05) is 11.3 Å². The third-order valence-electron chi connectivity index (χ3n) is 2.27. The highest BCUT2D eigenvalue weighted by atomic mass is 32.2. The molecule has 1 aromatic heterocycles. The number of nitrogens with one attached hydrogen (secondary N) is 1. The molecule has 1 aromatic rings. The van der Waals surface area contributed by atoms with Crippen molar-refractivity contribution in [2.75, 3.05) is 17.6 Å². The summed E-state index contributed by atoms with van der Waals surface area (Å²) in [6.45, 7) is 3.32. The molecule has 0 spiro atoms. The molecule has 1 unspecified atom stereocenters. The lowest BCUT2D eigenvalue weighted by Crippen LogP contribution is -2.26. The van der Waals surface area contributed by atoms with Crippen LogP contribution in [0, 0.1) is 0 Å². The van der Waals surface area contributed by atoms with E-state index in [9.17, 15) is 0 Å². The van der Waals surface area contributed by atoms with Crippen LogP contribution in [0.1, 0.15) is 19.8 Å². The number of rotatable bonds is 3. The van der Waals surface area contributed by atoms with Crippen LogP contribution in [0.3, 0.4) is 0 Å².